The number of aryl methyl sites for hydroxylation is 1. The van der Waals surface area contributed by atoms with Gasteiger partial charge in [0.05, 0.1) is 15.6 Å². The van der Waals surface area contributed by atoms with Crippen molar-refractivity contribution in [1.82, 2.24) is 14.5 Å². The van der Waals surface area contributed by atoms with Crippen molar-refractivity contribution >= 4 is 64.6 Å². The Morgan fingerprint density at radius 3 is 2.55 bits per heavy atom. The second-order valence-electron chi connectivity index (χ2n) is 6.35. The number of pyridine rings is 1. The molecule has 0 aliphatic heterocycles. The quantitative estimate of drug-likeness (QED) is 0.466. The number of nitrogens with zero attached hydrogens (tertiary/aromatic N) is 3. The van der Waals surface area contributed by atoms with Gasteiger partial charge in [0.25, 0.3) is 5.56 Å². The number of rotatable bonds is 4. The standard InChI is InChI=1S/C20H15BCl2N4OS/c1-27-18-11(8-14(19(27)28)17-15(22)6-3-7-16(17)23)10-24-20(26-18)25-12-4-2-5-13(9-12)29-21/h2-10H,21H2,1H3,(H,24,25,26). The van der Waals surface area contributed by atoms with Crippen LogP contribution in [0.5, 0.6) is 0 Å². The number of anilines is 2. The monoisotopic (exact) mass is 440 g/mol. The molecule has 4 aromatic rings. The first-order valence-corrected chi connectivity index (χ1v) is 10.7. The van der Waals surface area contributed by atoms with Crippen molar-refractivity contribution in [3.8, 4) is 11.1 Å². The van der Waals surface area contributed by atoms with Crippen LogP contribution in [-0.4, -0.2) is 21.7 Å². The summed E-state index contributed by atoms with van der Waals surface area (Å²) in [6.07, 6.45) is 1.68. The van der Waals surface area contributed by atoms with E-state index in [-0.39, 0.29) is 5.56 Å². The molecule has 0 amide bonds. The molecule has 0 spiro atoms. The summed E-state index contributed by atoms with van der Waals surface area (Å²) in [5.41, 5.74) is 2.07. The van der Waals surface area contributed by atoms with Crippen LogP contribution in [0.4, 0.5) is 11.6 Å². The third-order valence-corrected chi connectivity index (χ3v) is 5.86. The van der Waals surface area contributed by atoms with E-state index >= 15 is 0 Å². The molecule has 0 unspecified atom stereocenters. The van der Waals surface area contributed by atoms with E-state index in [0.29, 0.717) is 38.2 Å². The molecule has 1 N–H and O–H groups in total. The second kappa shape index (κ2) is 8.10. The molecule has 2 heterocycles. The van der Waals surface area contributed by atoms with Crippen LogP contribution < -0.4 is 10.9 Å². The summed E-state index contributed by atoms with van der Waals surface area (Å²) in [6, 6.07) is 14.8. The molecule has 9 heteroatoms. The topological polar surface area (TPSA) is 59.8 Å². The summed E-state index contributed by atoms with van der Waals surface area (Å²) in [5, 5.41) is 4.74. The van der Waals surface area contributed by atoms with E-state index in [4.69, 9.17) is 23.2 Å². The van der Waals surface area contributed by atoms with E-state index in [1.807, 2.05) is 31.4 Å². The maximum Gasteiger partial charge on any atom is 0.259 e. The molecule has 0 saturated heterocycles. The Hall–Kier alpha value is -2.48. The molecule has 0 atom stereocenters. The summed E-state index contributed by atoms with van der Waals surface area (Å²) in [4.78, 5) is 23.1. The molecule has 0 saturated carbocycles. The zero-order chi connectivity index (χ0) is 20.5. The summed E-state index contributed by atoms with van der Waals surface area (Å²) in [7, 11) is 3.69. The van der Waals surface area contributed by atoms with Crippen LogP contribution in [0.1, 0.15) is 0 Å². The van der Waals surface area contributed by atoms with Crippen molar-refractivity contribution in [3.05, 3.63) is 75.1 Å². The Labute approximate surface area is 182 Å². The predicted octanol–water partition coefficient (Wildman–Crippen LogP) is 4.69. The molecule has 0 aliphatic carbocycles. The highest BCUT2D eigenvalue weighted by Gasteiger charge is 2.16. The lowest BCUT2D eigenvalue weighted by molar-refractivity contribution is 0.887. The highest BCUT2D eigenvalue weighted by Crippen LogP contribution is 2.33. The predicted molar refractivity (Wildman–Crippen MR) is 124 cm³/mol. The first-order valence-electron chi connectivity index (χ1n) is 8.70. The van der Waals surface area contributed by atoms with E-state index in [1.165, 1.54) is 4.57 Å². The van der Waals surface area contributed by atoms with Crippen LogP contribution in [0.2, 0.25) is 10.0 Å². The third kappa shape index (κ3) is 3.86. The number of fused-ring (bicyclic) bond motifs is 1. The zero-order valence-corrected chi connectivity index (χ0v) is 17.9. The molecule has 0 aliphatic rings. The smallest absolute Gasteiger partial charge is 0.259 e. The van der Waals surface area contributed by atoms with Gasteiger partial charge < -0.3 is 5.32 Å². The molecule has 29 heavy (non-hydrogen) atoms. The van der Waals surface area contributed by atoms with Crippen molar-refractivity contribution < 1.29 is 0 Å². The van der Waals surface area contributed by atoms with Gasteiger partial charge in [-0.2, -0.15) is 16.6 Å². The molecular weight excluding hydrogens is 426 g/mol. The van der Waals surface area contributed by atoms with Crippen LogP contribution in [0.25, 0.3) is 22.2 Å². The minimum Gasteiger partial charge on any atom is -0.324 e. The average molecular weight is 441 g/mol. The molecule has 4 rings (SSSR count). The van der Waals surface area contributed by atoms with E-state index in [9.17, 15) is 4.79 Å². The molecule has 5 nitrogen and oxygen atoms in total. The minimum atomic E-state index is -0.235. The maximum absolute atomic E-state index is 13.0. The fraction of sp³-hybridized carbons (Fsp3) is 0.0500. The van der Waals surface area contributed by atoms with Gasteiger partial charge >= 0.3 is 0 Å². The zero-order valence-electron chi connectivity index (χ0n) is 15.6. The van der Waals surface area contributed by atoms with Crippen molar-refractivity contribution in [3.63, 3.8) is 0 Å². The van der Waals surface area contributed by atoms with E-state index in [2.05, 4.69) is 15.3 Å². The van der Waals surface area contributed by atoms with Crippen LogP contribution in [-0.2, 0) is 7.05 Å². The Bertz CT molecular complexity index is 1280. The van der Waals surface area contributed by atoms with E-state index in [0.717, 1.165) is 10.6 Å². The van der Waals surface area contributed by atoms with Crippen molar-refractivity contribution in [1.29, 1.82) is 0 Å². The highest BCUT2D eigenvalue weighted by molar-refractivity contribution is 8.19. The number of benzene rings is 2. The molecule has 0 bridgehead atoms. The van der Waals surface area contributed by atoms with Gasteiger partial charge in [0.15, 0.2) is 7.12 Å². The molecule has 2 aromatic carbocycles. The van der Waals surface area contributed by atoms with Gasteiger partial charge in [0.1, 0.15) is 5.65 Å². The lowest BCUT2D eigenvalue weighted by Gasteiger charge is -2.12. The van der Waals surface area contributed by atoms with Crippen LogP contribution in [0, 0.1) is 0 Å². The molecule has 144 valence electrons. The SMILES string of the molecule is BSc1cccc(Nc2ncc3cc(-c4c(Cl)cccc4Cl)c(=O)n(C)c3n2)c1. The largest absolute Gasteiger partial charge is 0.324 e. The Kier molecular flexibility index (Phi) is 5.54. The Balaban J connectivity index is 1.81. The van der Waals surface area contributed by atoms with Gasteiger partial charge in [0.2, 0.25) is 5.95 Å². The maximum atomic E-state index is 13.0. The first kappa shape index (κ1) is 19.8. The average Bonchev–Trinajstić information content (AvgIpc) is 2.72. The van der Waals surface area contributed by atoms with E-state index in [1.54, 1.807) is 49.1 Å². The van der Waals surface area contributed by atoms with Gasteiger partial charge in [-0.3, -0.25) is 9.36 Å². The fourth-order valence-corrected chi connectivity index (χ4v) is 4.13. The Morgan fingerprint density at radius 2 is 1.83 bits per heavy atom. The number of nitrogens with one attached hydrogen (secondary N) is 1. The Morgan fingerprint density at radius 1 is 1.10 bits per heavy atom. The number of hydrogen-bond acceptors (Lipinski definition) is 5. The molecular formula is C20H15BCl2N4OS. The van der Waals surface area contributed by atoms with Crippen molar-refractivity contribution in [2.45, 2.75) is 4.90 Å². The lowest BCUT2D eigenvalue weighted by atomic mass is 10.1. The normalized spacial score (nSPS) is 11.0. The number of aromatic nitrogens is 3. The van der Waals surface area contributed by atoms with Gasteiger partial charge in [-0.05, 0) is 41.3 Å². The first-order chi connectivity index (χ1) is 14.0. The fourth-order valence-electron chi connectivity index (χ4n) is 3.07. The van der Waals surface area contributed by atoms with Crippen LogP contribution in [0.3, 0.4) is 0 Å². The molecule has 0 fully saturated rings. The summed E-state index contributed by atoms with van der Waals surface area (Å²) >= 11 is 14.3. The highest BCUT2D eigenvalue weighted by atomic mass is 35.5. The van der Waals surface area contributed by atoms with Gasteiger partial charge in [-0.25, -0.2) is 4.98 Å². The van der Waals surface area contributed by atoms with Crippen LogP contribution >= 0.6 is 34.8 Å². The minimum absolute atomic E-state index is 0.235. The van der Waals surface area contributed by atoms with E-state index < -0.39 is 0 Å². The second-order valence-corrected chi connectivity index (χ2v) is 8.04. The summed E-state index contributed by atoms with van der Waals surface area (Å²) < 4.78 is 1.48. The van der Waals surface area contributed by atoms with Crippen LogP contribution in [0.15, 0.2) is 64.4 Å². The van der Waals surface area contributed by atoms with Gasteiger partial charge in [-0.1, -0.05) is 35.3 Å². The molecule has 2 aromatic heterocycles. The lowest BCUT2D eigenvalue weighted by Crippen LogP contribution is -2.20. The summed E-state index contributed by atoms with van der Waals surface area (Å²) in [5.74, 6) is 0.411. The summed E-state index contributed by atoms with van der Waals surface area (Å²) in [6.45, 7) is 0. The molecule has 0 radical (unpaired) electrons. The number of halogens is 2. The number of hydrogen-bond donors (Lipinski definition) is 1. The van der Waals surface area contributed by atoms with Gasteiger partial charge in [0, 0.05) is 29.9 Å². The third-order valence-electron chi connectivity index (χ3n) is 4.51. The van der Waals surface area contributed by atoms with Crippen molar-refractivity contribution in [2.24, 2.45) is 7.05 Å². The van der Waals surface area contributed by atoms with Crippen molar-refractivity contribution in [2.75, 3.05) is 5.32 Å². The van der Waals surface area contributed by atoms with Gasteiger partial charge in [-0.15, -0.1) is 0 Å².